The van der Waals surface area contributed by atoms with Crippen LogP contribution in [-0.2, 0) is 40.3 Å². The summed E-state index contributed by atoms with van der Waals surface area (Å²) in [5.41, 5.74) is 4.45. The summed E-state index contributed by atoms with van der Waals surface area (Å²) >= 11 is 0. The van der Waals surface area contributed by atoms with Gasteiger partial charge in [-0.25, -0.2) is 4.79 Å². The first-order valence-electron chi connectivity index (χ1n) is 13.1. The van der Waals surface area contributed by atoms with Crippen molar-refractivity contribution in [2.75, 3.05) is 13.1 Å². The Labute approximate surface area is 226 Å². The molecule has 1 aliphatic heterocycles. The Morgan fingerprint density at radius 1 is 0.821 bits per heavy atom. The lowest BCUT2D eigenvalue weighted by molar-refractivity contribution is -0.201. The lowest BCUT2D eigenvalue weighted by atomic mass is 9.99. The molecule has 0 N–H and O–H groups in total. The minimum atomic E-state index is -5.19. The minimum Gasteiger partial charge on any atom is -0.489 e. The van der Waals surface area contributed by atoms with Gasteiger partial charge in [-0.2, -0.15) is 13.2 Å². The summed E-state index contributed by atoms with van der Waals surface area (Å²) < 4.78 is 46.1. The van der Waals surface area contributed by atoms with Crippen LogP contribution in [0.2, 0.25) is 0 Å². The molecule has 0 spiro atoms. The molecule has 0 amide bonds. The maximum Gasteiger partial charge on any atom is 0.491 e. The van der Waals surface area contributed by atoms with Gasteiger partial charge in [0.1, 0.15) is 12.4 Å². The molecule has 1 fully saturated rings. The molecule has 0 saturated carbocycles. The van der Waals surface area contributed by atoms with E-state index in [9.17, 15) is 22.8 Å². The average Bonchev–Trinajstić information content (AvgIpc) is 3.38. The first kappa shape index (κ1) is 28.4. The molecule has 206 valence electrons. The molecule has 39 heavy (non-hydrogen) atoms. The van der Waals surface area contributed by atoms with Gasteiger partial charge < -0.3 is 9.47 Å². The van der Waals surface area contributed by atoms with E-state index >= 15 is 0 Å². The largest absolute Gasteiger partial charge is 0.491 e. The van der Waals surface area contributed by atoms with Crippen LogP contribution in [0.1, 0.15) is 41.5 Å². The fraction of sp³-hybridized carbons (Fsp3) is 0.355. The molecular formula is C31H32F3NO4. The monoisotopic (exact) mass is 539 g/mol. The van der Waals surface area contributed by atoms with Gasteiger partial charge in [0, 0.05) is 13.1 Å². The highest BCUT2D eigenvalue weighted by molar-refractivity contribution is 5.88. The van der Waals surface area contributed by atoms with Crippen molar-refractivity contribution in [3.05, 3.63) is 101 Å². The Kier molecular flexibility index (Phi) is 9.76. The molecular weight excluding hydrogens is 507 g/mol. The lowest BCUT2D eigenvalue weighted by Crippen LogP contribution is -2.28. The van der Waals surface area contributed by atoms with Crippen molar-refractivity contribution in [2.24, 2.45) is 5.92 Å². The van der Waals surface area contributed by atoms with E-state index in [0.717, 1.165) is 37.5 Å². The first-order chi connectivity index (χ1) is 18.7. The number of likely N-dealkylation sites (tertiary alicyclic amines) is 1. The van der Waals surface area contributed by atoms with Gasteiger partial charge in [-0.3, -0.25) is 9.69 Å². The fourth-order valence-corrected chi connectivity index (χ4v) is 4.68. The van der Waals surface area contributed by atoms with Crippen LogP contribution in [0, 0.1) is 5.92 Å². The normalized spacial score (nSPS) is 15.7. The summed E-state index contributed by atoms with van der Waals surface area (Å²) in [4.78, 5) is 24.7. The SMILES string of the molecule is O=C(CCc1ccc(OCc2ccc(CN3CCC(CCc4ccccc4)C3)cc2)cc1)OC(=O)C(F)(F)F. The van der Waals surface area contributed by atoms with Crippen molar-refractivity contribution in [1.82, 2.24) is 4.90 Å². The lowest BCUT2D eigenvalue weighted by Gasteiger charge is -2.16. The number of carbonyl (C=O) groups excluding carboxylic acids is 2. The van der Waals surface area contributed by atoms with E-state index in [1.165, 1.54) is 24.0 Å². The highest BCUT2D eigenvalue weighted by Crippen LogP contribution is 2.24. The number of hydrogen-bond acceptors (Lipinski definition) is 5. The summed E-state index contributed by atoms with van der Waals surface area (Å²) in [7, 11) is 0. The van der Waals surface area contributed by atoms with E-state index in [1.807, 2.05) is 0 Å². The van der Waals surface area contributed by atoms with Crippen LogP contribution in [0.3, 0.4) is 0 Å². The van der Waals surface area contributed by atoms with E-state index in [-0.39, 0.29) is 12.8 Å². The summed E-state index contributed by atoms with van der Waals surface area (Å²) in [6, 6.07) is 26.0. The summed E-state index contributed by atoms with van der Waals surface area (Å²) in [5.74, 6) is -2.33. The van der Waals surface area contributed by atoms with Gasteiger partial charge in [0.25, 0.3) is 0 Å². The molecule has 1 saturated heterocycles. The molecule has 1 aliphatic rings. The standard InChI is InChI=1S/C31H32F3NO4/c32-31(33,34)30(37)39-29(36)17-14-24-12-15-28(16-13-24)38-22-27-10-8-25(9-11-27)20-35-19-18-26(21-35)7-6-23-4-2-1-3-5-23/h1-5,8-13,15-16,26H,6-7,14,17-22H2. The predicted octanol–water partition coefficient (Wildman–Crippen LogP) is 6.29. The molecule has 5 nitrogen and oxygen atoms in total. The van der Waals surface area contributed by atoms with Crippen LogP contribution in [0.5, 0.6) is 5.75 Å². The van der Waals surface area contributed by atoms with Crippen LogP contribution in [0.4, 0.5) is 13.2 Å². The Morgan fingerprint density at radius 2 is 1.46 bits per heavy atom. The number of carbonyl (C=O) groups is 2. The number of alkyl halides is 3. The van der Waals surface area contributed by atoms with Crippen LogP contribution >= 0.6 is 0 Å². The summed E-state index contributed by atoms with van der Waals surface area (Å²) in [6.07, 6.45) is -1.75. The van der Waals surface area contributed by atoms with Crippen molar-refractivity contribution < 1.29 is 32.2 Å². The molecule has 1 atom stereocenters. The van der Waals surface area contributed by atoms with E-state index in [1.54, 1.807) is 24.3 Å². The number of halogens is 3. The van der Waals surface area contributed by atoms with Crippen LogP contribution in [-0.4, -0.2) is 36.1 Å². The first-order valence-corrected chi connectivity index (χ1v) is 13.1. The van der Waals surface area contributed by atoms with Gasteiger partial charge in [0.05, 0.1) is 6.42 Å². The Bertz CT molecular complexity index is 1210. The zero-order chi connectivity index (χ0) is 27.7. The van der Waals surface area contributed by atoms with Crippen molar-refractivity contribution in [1.29, 1.82) is 0 Å². The molecule has 3 aromatic carbocycles. The minimum absolute atomic E-state index is 0.149. The summed E-state index contributed by atoms with van der Waals surface area (Å²) in [6.45, 7) is 3.62. The highest BCUT2D eigenvalue weighted by Gasteiger charge is 2.42. The number of aryl methyl sites for hydroxylation is 2. The van der Waals surface area contributed by atoms with E-state index in [4.69, 9.17) is 4.74 Å². The molecule has 4 rings (SSSR count). The quantitative estimate of drug-likeness (QED) is 0.212. The molecule has 8 heteroatoms. The van der Waals surface area contributed by atoms with E-state index in [0.29, 0.717) is 17.9 Å². The highest BCUT2D eigenvalue weighted by atomic mass is 19.4. The second-order valence-electron chi connectivity index (χ2n) is 9.92. The maximum absolute atomic E-state index is 12.2. The second kappa shape index (κ2) is 13.4. The van der Waals surface area contributed by atoms with Gasteiger partial charge in [0.2, 0.25) is 0 Å². The van der Waals surface area contributed by atoms with Gasteiger partial charge >= 0.3 is 18.1 Å². The number of esters is 2. The smallest absolute Gasteiger partial charge is 0.489 e. The third-order valence-electron chi connectivity index (χ3n) is 6.87. The van der Waals surface area contributed by atoms with Crippen molar-refractivity contribution in [3.63, 3.8) is 0 Å². The molecule has 1 unspecified atom stereocenters. The number of benzene rings is 3. The third kappa shape index (κ3) is 9.25. The van der Waals surface area contributed by atoms with E-state index in [2.05, 4.69) is 64.2 Å². The van der Waals surface area contributed by atoms with Crippen molar-refractivity contribution in [3.8, 4) is 5.75 Å². The molecule has 0 bridgehead atoms. The van der Waals surface area contributed by atoms with Crippen molar-refractivity contribution >= 4 is 11.9 Å². The molecule has 0 radical (unpaired) electrons. The maximum atomic E-state index is 12.2. The predicted molar refractivity (Wildman–Crippen MR) is 141 cm³/mol. The average molecular weight is 540 g/mol. The zero-order valence-electron chi connectivity index (χ0n) is 21.7. The van der Waals surface area contributed by atoms with Crippen LogP contribution in [0.25, 0.3) is 0 Å². The Morgan fingerprint density at radius 3 is 2.15 bits per heavy atom. The number of ether oxygens (including phenoxy) is 2. The summed E-state index contributed by atoms with van der Waals surface area (Å²) in [5, 5.41) is 0. The number of hydrogen-bond donors (Lipinski definition) is 0. The number of rotatable bonds is 11. The van der Waals surface area contributed by atoms with Gasteiger partial charge in [-0.15, -0.1) is 0 Å². The van der Waals surface area contributed by atoms with Gasteiger partial charge in [0.15, 0.2) is 0 Å². The zero-order valence-corrected chi connectivity index (χ0v) is 21.7. The van der Waals surface area contributed by atoms with E-state index < -0.39 is 18.1 Å². The fourth-order valence-electron chi connectivity index (χ4n) is 4.68. The van der Waals surface area contributed by atoms with Crippen LogP contribution in [0.15, 0.2) is 78.9 Å². The van der Waals surface area contributed by atoms with Gasteiger partial charge in [-0.1, -0.05) is 66.7 Å². The second-order valence-corrected chi connectivity index (χ2v) is 9.92. The van der Waals surface area contributed by atoms with Crippen molar-refractivity contribution in [2.45, 2.75) is 51.4 Å². The Balaban J connectivity index is 1.15. The molecule has 0 aromatic heterocycles. The van der Waals surface area contributed by atoms with Crippen LogP contribution < -0.4 is 4.74 Å². The molecule has 0 aliphatic carbocycles. The third-order valence-corrected chi connectivity index (χ3v) is 6.87. The Hall–Kier alpha value is -3.65. The molecule has 3 aromatic rings. The topological polar surface area (TPSA) is 55.8 Å². The number of nitrogens with zero attached hydrogens (tertiary/aromatic N) is 1. The van der Waals surface area contributed by atoms with Gasteiger partial charge in [-0.05, 0) is 72.5 Å². The molecule has 1 heterocycles.